The lowest BCUT2D eigenvalue weighted by Gasteiger charge is -2.31. The van der Waals surface area contributed by atoms with Crippen molar-refractivity contribution in [3.8, 4) is 22.9 Å². The van der Waals surface area contributed by atoms with E-state index in [-0.39, 0.29) is 12.7 Å². The first-order chi connectivity index (χ1) is 12.4. The monoisotopic (exact) mass is 377 g/mol. The minimum absolute atomic E-state index is 0.246. The Balaban J connectivity index is 1.58. The molecule has 0 spiro atoms. The van der Waals surface area contributed by atoms with Crippen LogP contribution in [0, 0.1) is 12.8 Å². The second kappa shape index (κ2) is 6.59. The average Bonchev–Trinajstić information content (AvgIpc) is 3.22. The highest BCUT2D eigenvalue weighted by Crippen LogP contribution is 2.38. The number of aromatic nitrogens is 2. The lowest BCUT2D eigenvalue weighted by molar-refractivity contribution is 0.174. The van der Waals surface area contributed by atoms with Gasteiger partial charge in [0, 0.05) is 37.6 Å². The number of imidazole rings is 1. The maximum atomic E-state index is 11.9. The fourth-order valence-corrected chi connectivity index (χ4v) is 4.68. The van der Waals surface area contributed by atoms with Crippen molar-refractivity contribution in [1.29, 1.82) is 0 Å². The molecule has 7 nitrogen and oxygen atoms in total. The van der Waals surface area contributed by atoms with Crippen LogP contribution in [0.5, 0.6) is 11.5 Å². The summed E-state index contributed by atoms with van der Waals surface area (Å²) in [7, 11) is -3.14. The summed E-state index contributed by atoms with van der Waals surface area (Å²) < 4.78 is 38.3. The number of hydrogen-bond acceptors (Lipinski definition) is 5. The fourth-order valence-electron chi connectivity index (χ4n) is 3.74. The summed E-state index contributed by atoms with van der Waals surface area (Å²) in [5.41, 5.74) is 2.08. The molecule has 0 saturated carbocycles. The van der Waals surface area contributed by atoms with Crippen molar-refractivity contribution in [2.75, 3.05) is 26.1 Å². The summed E-state index contributed by atoms with van der Waals surface area (Å²) in [4.78, 5) is 4.54. The second-order valence-corrected chi connectivity index (χ2v) is 9.04. The second-order valence-electron chi connectivity index (χ2n) is 7.05. The van der Waals surface area contributed by atoms with E-state index in [9.17, 15) is 8.42 Å². The Labute approximate surface area is 153 Å². The summed E-state index contributed by atoms with van der Waals surface area (Å²) >= 11 is 0. The smallest absolute Gasteiger partial charge is 0.231 e. The van der Waals surface area contributed by atoms with Gasteiger partial charge in [-0.25, -0.2) is 17.7 Å². The third kappa shape index (κ3) is 3.31. The van der Waals surface area contributed by atoms with E-state index in [0.717, 1.165) is 47.8 Å². The number of ether oxygens (including phenoxy) is 2. The molecule has 1 aromatic heterocycles. The molecule has 0 N–H and O–H groups in total. The molecular weight excluding hydrogens is 354 g/mol. The number of piperidine rings is 1. The number of nitrogens with zero attached hydrogens (tertiary/aromatic N) is 3. The molecular formula is C18H23N3O4S. The standard InChI is InChI=1S/C18H23N3O4S/c1-13-8-16-17(25-12-24-16)9-15(13)18-19-5-7-20(18)10-14-4-3-6-21(11-14)26(2,22)23/h5,7-9,14H,3-4,6,10-12H2,1-2H3/t14-/m1/s1. The molecule has 2 aliphatic rings. The average molecular weight is 377 g/mol. The fraction of sp³-hybridized carbons (Fsp3) is 0.500. The zero-order valence-corrected chi connectivity index (χ0v) is 15.8. The molecule has 2 aliphatic heterocycles. The van der Waals surface area contributed by atoms with Crippen molar-refractivity contribution in [2.45, 2.75) is 26.3 Å². The highest BCUT2D eigenvalue weighted by Gasteiger charge is 2.27. The van der Waals surface area contributed by atoms with Crippen molar-refractivity contribution < 1.29 is 17.9 Å². The third-order valence-electron chi connectivity index (χ3n) is 5.08. The number of aryl methyl sites for hydroxylation is 1. The molecule has 0 radical (unpaired) electrons. The lowest BCUT2D eigenvalue weighted by Crippen LogP contribution is -2.40. The number of fused-ring (bicyclic) bond motifs is 1. The first-order valence-electron chi connectivity index (χ1n) is 8.78. The lowest BCUT2D eigenvalue weighted by atomic mass is 9.99. The van der Waals surface area contributed by atoms with Crippen LogP contribution in [0.15, 0.2) is 24.5 Å². The SMILES string of the molecule is Cc1cc2c(cc1-c1nccn1C[C@H]1CCCN(S(C)(=O)=O)C1)OCO2. The first kappa shape index (κ1) is 17.4. The molecule has 1 aromatic carbocycles. The summed E-state index contributed by atoms with van der Waals surface area (Å²) in [6, 6.07) is 3.95. The summed E-state index contributed by atoms with van der Waals surface area (Å²) in [5, 5.41) is 0. The van der Waals surface area contributed by atoms with Gasteiger partial charge in [-0.2, -0.15) is 0 Å². The predicted molar refractivity (Wildman–Crippen MR) is 97.7 cm³/mol. The van der Waals surface area contributed by atoms with Gasteiger partial charge in [-0.05, 0) is 43.4 Å². The van der Waals surface area contributed by atoms with Gasteiger partial charge in [-0.15, -0.1) is 0 Å². The Morgan fingerprint density at radius 2 is 2.04 bits per heavy atom. The molecule has 8 heteroatoms. The minimum Gasteiger partial charge on any atom is -0.454 e. The molecule has 4 rings (SSSR count). The van der Waals surface area contributed by atoms with Gasteiger partial charge in [-0.3, -0.25) is 0 Å². The third-order valence-corrected chi connectivity index (χ3v) is 6.35. The van der Waals surface area contributed by atoms with E-state index in [2.05, 4.69) is 9.55 Å². The van der Waals surface area contributed by atoms with Crippen LogP contribution >= 0.6 is 0 Å². The van der Waals surface area contributed by atoms with Crippen LogP contribution in [0.1, 0.15) is 18.4 Å². The van der Waals surface area contributed by atoms with E-state index in [0.29, 0.717) is 13.1 Å². The van der Waals surface area contributed by atoms with E-state index >= 15 is 0 Å². The van der Waals surface area contributed by atoms with Crippen LogP contribution < -0.4 is 9.47 Å². The van der Waals surface area contributed by atoms with Gasteiger partial charge in [-0.1, -0.05) is 0 Å². The van der Waals surface area contributed by atoms with Crippen molar-refractivity contribution in [3.05, 3.63) is 30.1 Å². The Morgan fingerprint density at radius 3 is 2.81 bits per heavy atom. The van der Waals surface area contributed by atoms with Crippen molar-refractivity contribution in [3.63, 3.8) is 0 Å². The Kier molecular flexibility index (Phi) is 4.40. The quantitative estimate of drug-likeness (QED) is 0.817. The molecule has 1 fully saturated rings. The molecule has 26 heavy (non-hydrogen) atoms. The zero-order chi connectivity index (χ0) is 18.3. The van der Waals surface area contributed by atoms with Gasteiger partial charge in [0.05, 0.1) is 6.26 Å². The number of benzene rings is 1. The summed E-state index contributed by atoms with van der Waals surface area (Å²) in [6.45, 7) is 4.21. The molecule has 0 bridgehead atoms. The molecule has 0 aliphatic carbocycles. The molecule has 3 heterocycles. The Hall–Kier alpha value is -2.06. The van der Waals surface area contributed by atoms with Crippen LogP contribution in [-0.4, -0.2) is 48.4 Å². The summed E-state index contributed by atoms with van der Waals surface area (Å²) in [5.74, 6) is 2.65. The topological polar surface area (TPSA) is 73.7 Å². The molecule has 140 valence electrons. The van der Waals surface area contributed by atoms with Gasteiger partial charge in [0.15, 0.2) is 11.5 Å². The molecule has 0 unspecified atom stereocenters. The van der Waals surface area contributed by atoms with Crippen molar-refractivity contribution in [1.82, 2.24) is 13.9 Å². The van der Waals surface area contributed by atoms with Crippen molar-refractivity contribution in [2.24, 2.45) is 5.92 Å². The van der Waals surface area contributed by atoms with Gasteiger partial charge in [0.25, 0.3) is 0 Å². The largest absolute Gasteiger partial charge is 0.454 e. The number of sulfonamides is 1. The molecule has 1 saturated heterocycles. The maximum Gasteiger partial charge on any atom is 0.231 e. The highest BCUT2D eigenvalue weighted by molar-refractivity contribution is 7.88. The molecule has 2 aromatic rings. The molecule has 0 amide bonds. The minimum atomic E-state index is -3.14. The first-order valence-corrected chi connectivity index (χ1v) is 10.6. The van der Waals surface area contributed by atoms with Gasteiger partial charge >= 0.3 is 0 Å². The van der Waals surface area contributed by atoms with E-state index < -0.39 is 10.0 Å². The van der Waals surface area contributed by atoms with Crippen molar-refractivity contribution >= 4 is 10.0 Å². The van der Waals surface area contributed by atoms with Crippen LogP contribution in [0.4, 0.5) is 0 Å². The van der Waals surface area contributed by atoms with Gasteiger partial charge in [0.2, 0.25) is 16.8 Å². The Morgan fingerprint density at radius 1 is 1.27 bits per heavy atom. The number of rotatable bonds is 4. The number of hydrogen-bond donors (Lipinski definition) is 0. The summed E-state index contributed by atoms with van der Waals surface area (Å²) in [6.07, 6.45) is 6.94. The Bertz CT molecular complexity index is 923. The normalized spacial score (nSPS) is 20.5. The van der Waals surface area contributed by atoms with E-state index in [1.807, 2.05) is 25.3 Å². The maximum absolute atomic E-state index is 11.9. The zero-order valence-electron chi connectivity index (χ0n) is 15.0. The molecule has 1 atom stereocenters. The highest BCUT2D eigenvalue weighted by atomic mass is 32.2. The van der Waals surface area contributed by atoms with Crippen LogP contribution in [-0.2, 0) is 16.6 Å². The van der Waals surface area contributed by atoms with Gasteiger partial charge in [0.1, 0.15) is 5.82 Å². The van der Waals surface area contributed by atoms with Crippen LogP contribution in [0.3, 0.4) is 0 Å². The van der Waals surface area contributed by atoms with E-state index in [4.69, 9.17) is 9.47 Å². The van der Waals surface area contributed by atoms with Gasteiger partial charge < -0.3 is 14.0 Å². The predicted octanol–water partition coefficient (Wildman–Crippen LogP) is 2.26. The van der Waals surface area contributed by atoms with Crippen LogP contribution in [0.25, 0.3) is 11.4 Å². The van der Waals surface area contributed by atoms with E-state index in [1.54, 1.807) is 10.5 Å². The van der Waals surface area contributed by atoms with Crippen LogP contribution in [0.2, 0.25) is 0 Å². The van der Waals surface area contributed by atoms with E-state index in [1.165, 1.54) is 6.26 Å².